The number of H-pyrrole nitrogens is 1. The lowest BCUT2D eigenvalue weighted by molar-refractivity contribution is 0.616. The highest BCUT2D eigenvalue weighted by molar-refractivity contribution is 5.73. The molecule has 0 spiro atoms. The van der Waals surface area contributed by atoms with Gasteiger partial charge in [-0.3, -0.25) is 5.10 Å². The second-order valence-corrected chi connectivity index (χ2v) is 4.38. The maximum atomic E-state index is 13.9. The summed E-state index contributed by atoms with van der Waals surface area (Å²) < 4.78 is 27.7. The number of nitrogens with one attached hydrogen (secondary N) is 1. The van der Waals surface area contributed by atoms with Gasteiger partial charge < -0.3 is 5.73 Å². The Hall–Kier alpha value is -2.69. The van der Waals surface area contributed by atoms with Gasteiger partial charge in [0.05, 0.1) is 5.69 Å². The monoisotopic (exact) mass is 271 g/mol. The van der Waals surface area contributed by atoms with E-state index in [4.69, 9.17) is 5.73 Å². The Balaban J connectivity index is 2.15. The van der Waals surface area contributed by atoms with Gasteiger partial charge in [-0.05, 0) is 24.3 Å². The molecule has 20 heavy (non-hydrogen) atoms. The summed E-state index contributed by atoms with van der Waals surface area (Å²) in [6.07, 6.45) is 0. The smallest absolute Gasteiger partial charge is 0.145 e. The minimum Gasteiger partial charge on any atom is -0.382 e. The molecular formula is C15H11F2N3. The standard InChI is InChI=1S/C15H11F2N3/c16-12-4-2-1-3-10(12)11-7-9(5-6-13(11)17)14-8-15(18)20-19-14/h1-8H,(H3,18,19,20). The maximum absolute atomic E-state index is 13.9. The molecule has 2 aromatic carbocycles. The van der Waals surface area contributed by atoms with Crippen molar-refractivity contribution in [2.75, 3.05) is 5.73 Å². The van der Waals surface area contributed by atoms with E-state index in [-0.39, 0.29) is 11.1 Å². The van der Waals surface area contributed by atoms with Crippen molar-refractivity contribution < 1.29 is 8.78 Å². The van der Waals surface area contributed by atoms with Gasteiger partial charge in [-0.15, -0.1) is 0 Å². The van der Waals surface area contributed by atoms with E-state index in [0.717, 1.165) is 0 Å². The minimum absolute atomic E-state index is 0.203. The van der Waals surface area contributed by atoms with E-state index in [1.165, 1.54) is 12.1 Å². The molecule has 0 bridgehead atoms. The normalized spacial score (nSPS) is 10.7. The SMILES string of the molecule is Nc1cc(-c2ccc(F)c(-c3ccccc3F)c2)[nH]n1. The molecule has 0 radical (unpaired) electrons. The van der Waals surface area contributed by atoms with Gasteiger partial charge in [0.2, 0.25) is 0 Å². The molecule has 0 amide bonds. The van der Waals surface area contributed by atoms with Gasteiger partial charge in [0, 0.05) is 22.8 Å². The largest absolute Gasteiger partial charge is 0.382 e. The molecule has 0 aliphatic carbocycles. The van der Waals surface area contributed by atoms with E-state index in [2.05, 4.69) is 10.2 Å². The van der Waals surface area contributed by atoms with Crippen LogP contribution in [0.25, 0.3) is 22.4 Å². The number of nitrogen functional groups attached to an aromatic ring is 1. The van der Waals surface area contributed by atoms with Gasteiger partial charge in [0.1, 0.15) is 17.5 Å². The molecule has 0 aliphatic heterocycles. The molecule has 0 unspecified atom stereocenters. The molecule has 0 saturated carbocycles. The Labute approximate surface area is 114 Å². The summed E-state index contributed by atoms with van der Waals surface area (Å²) in [7, 11) is 0. The van der Waals surface area contributed by atoms with Crippen molar-refractivity contribution in [3.05, 3.63) is 60.2 Å². The number of nitrogens with zero attached hydrogens (tertiary/aromatic N) is 1. The summed E-state index contributed by atoms with van der Waals surface area (Å²) in [6, 6.07) is 12.2. The van der Waals surface area contributed by atoms with Crippen LogP contribution in [0.2, 0.25) is 0 Å². The van der Waals surface area contributed by atoms with Crippen LogP contribution in [0.15, 0.2) is 48.5 Å². The van der Waals surface area contributed by atoms with Crippen LogP contribution < -0.4 is 5.73 Å². The van der Waals surface area contributed by atoms with Crippen molar-refractivity contribution in [1.82, 2.24) is 10.2 Å². The molecular weight excluding hydrogens is 260 g/mol. The Bertz CT molecular complexity index is 765. The van der Waals surface area contributed by atoms with Crippen LogP contribution in [-0.2, 0) is 0 Å². The first-order valence-electron chi connectivity index (χ1n) is 6.01. The zero-order valence-electron chi connectivity index (χ0n) is 10.4. The van der Waals surface area contributed by atoms with Crippen LogP contribution in [-0.4, -0.2) is 10.2 Å². The second-order valence-electron chi connectivity index (χ2n) is 4.38. The third kappa shape index (κ3) is 2.14. The maximum Gasteiger partial charge on any atom is 0.145 e. The van der Waals surface area contributed by atoms with Gasteiger partial charge in [0.15, 0.2) is 0 Å². The zero-order chi connectivity index (χ0) is 14.1. The molecule has 100 valence electrons. The number of halogens is 2. The summed E-state index contributed by atoms with van der Waals surface area (Å²) in [5.74, 6) is -0.601. The number of hydrogen-bond acceptors (Lipinski definition) is 2. The van der Waals surface area contributed by atoms with Crippen LogP contribution in [0.3, 0.4) is 0 Å². The average Bonchev–Trinajstić information content (AvgIpc) is 2.87. The number of hydrogen-bond donors (Lipinski definition) is 2. The Morgan fingerprint density at radius 2 is 1.65 bits per heavy atom. The fourth-order valence-electron chi connectivity index (χ4n) is 2.06. The van der Waals surface area contributed by atoms with Crippen molar-refractivity contribution in [3.63, 3.8) is 0 Å². The third-order valence-electron chi connectivity index (χ3n) is 3.04. The van der Waals surface area contributed by atoms with E-state index in [9.17, 15) is 8.78 Å². The van der Waals surface area contributed by atoms with E-state index < -0.39 is 11.6 Å². The van der Waals surface area contributed by atoms with E-state index in [1.54, 1.807) is 36.4 Å². The molecule has 3 rings (SSSR count). The summed E-state index contributed by atoms with van der Waals surface area (Å²) >= 11 is 0. The van der Waals surface area contributed by atoms with E-state index in [1.807, 2.05) is 0 Å². The van der Waals surface area contributed by atoms with Crippen LogP contribution in [0.1, 0.15) is 0 Å². The highest BCUT2D eigenvalue weighted by atomic mass is 19.1. The number of aromatic amines is 1. The number of aromatic nitrogens is 2. The Morgan fingerprint density at radius 1 is 0.900 bits per heavy atom. The topological polar surface area (TPSA) is 54.7 Å². The Kier molecular flexibility index (Phi) is 2.95. The molecule has 0 fully saturated rings. The Morgan fingerprint density at radius 3 is 2.35 bits per heavy atom. The third-order valence-corrected chi connectivity index (χ3v) is 3.04. The number of nitrogens with two attached hydrogens (primary N) is 1. The quantitative estimate of drug-likeness (QED) is 0.748. The van der Waals surface area contributed by atoms with Gasteiger partial charge >= 0.3 is 0 Å². The van der Waals surface area contributed by atoms with Gasteiger partial charge in [-0.2, -0.15) is 5.10 Å². The molecule has 1 aromatic heterocycles. The van der Waals surface area contributed by atoms with Crippen LogP contribution >= 0.6 is 0 Å². The first-order chi connectivity index (χ1) is 9.65. The highest BCUT2D eigenvalue weighted by Crippen LogP contribution is 2.30. The van der Waals surface area contributed by atoms with Gasteiger partial charge in [0.25, 0.3) is 0 Å². The van der Waals surface area contributed by atoms with Crippen LogP contribution in [0, 0.1) is 11.6 Å². The first kappa shape index (κ1) is 12.3. The molecule has 3 N–H and O–H groups in total. The van der Waals surface area contributed by atoms with Gasteiger partial charge in [-0.1, -0.05) is 18.2 Å². The molecule has 5 heteroatoms. The second kappa shape index (κ2) is 4.77. The van der Waals surface area contributed by atoms with Crippen LogP contribution in [0.4, 0.5) is 14.6 Å². The molecule has 0 atom stereocenters. The minimum atomic E-state index is -0.480. The molecule has 0 saturated heterocycles. The van der Waals surface area contributed by atoms with E-state index >= 15 is 0 Å². The lowest BCUT2D eigenvalue weighted by Gasteiger charge is -2.07. The fraction of sp³-hybridized carbons (Fsp3) is 0. The lowest BCUT2D eigenvalue weighted by atomic mass is 10.0. The van der Waals surface area contributed by atoms with Gasteiger partial charge in [-0.25, -0.2) is 8.78 Å². The number of anilines is 1. The zero-order valence-corrected chi connectivity index (χ0v) is 10.4. The molecule has 3 aromatic rings. The van der Waals surface area contributed by atoms with Crippen molar-refractivity contribution in [2.45, 2.75) is 0 Å². The molecule has 0 aliphatic rings. The predicted octanol–water partition coefficient (Wildman–Crippen LogP) is 3.60. The average molecular weight is 271 g/mol. The number of rotatable bonds is 2. The van der Waals surface area contributed by atoms with E-state index in [0.29, 0.717) is 17.1 Å². The first-order valence-corrected chi connectivity index (χ1v) is 6.01. The number of benzene rings is 2. The summed E-state index contributed by atoms with van der Waals surface area (Å²) in [5, 5.41) is 6.56. The molecule has 1 heterocycles. The summed E-state index contributed by atoms with van der Waals surface area (Å²) in [6.45, 7) is 0. The predicted molar refractivity (Wildman–Crippen MR) is 73.8 cm³/mol. The molecule has 3 nitrogen and oxygen atoms in total. The van der Waals surface area contributed by atoms with Crippen molar-refractivity contribution >= 4 is 5.82 Å². The lowest BCUT2D eigenvalue weighted by Crippen LogP contribution is -1.90. The van der Waals surface area contributed by atoms with Crippen molar-refractivity contribution in [1.29, 1.82) is 0 Å². The fourth-order valence-corrected chi connectivity index (χ4v) is 2.06. The summed E-state index contributed by atoms with van der Waals surface area (Å²) in [5.41, 5.74) is 7.31. The highest BCUT2D eigenvalue weighted by Gasteiger charge is 2.12. The van der Waals surface area contributed by atoms with Crippen LogP contribution in [0.5, 0.6) is 0 Å². The van der Waals surface area contributed by atoms with Crippen molar-refractivity contribution in [3.8, 4) is 22.4 Å². The van der Waals surface area contributed by atoms with Crippen molar-refractivity contribution in [2.24, 2.45) is 0 Å². The summed E-state index contributed by atoms with van der Waals surface area (Å²) in [4.78, 5) is 0.